The molecule has 0 saturated heterocycles. The van der Waals surface area contributed by atoms with E-state index in [0.29, 0.717) is 0 Å². The maximum atomic E-state index is 5.07. The molecule has 0 unspecified atom stereocenters. The molecular formula is C51H60N4. The van der Waals surface area contributed by atoms with Crippen LogP contribution < -0.4 is 0 Å². The van der Waals surface area contributed by atoms with Crippen molar-refractivity contribution in [1.29, 1.82) is 0 Å². The minimum absolute atomic E-state index is 0.771. The lowest BCUT2D eigenvalue weighted by atomic mass is 9.97. The Morgan fingerprint density at radius 2 is 1.00 bits per heavy atom. The molecule has 0 spiro atoms. The van der Waals surface area contributed by atoms with Crippen molar-refractivity contribution in [3.05, 3.63) is 131 Å². The molecule has 2 aromatic heterocycles. The van der Waals surface area contributed by atoms with Gasteiger partial charge in [-0.2, -0.15) is 5.10 Å². The topological polar surface area (TPSA) is 35.6 Å². The van der Waals surface area contributed by atoms with Crippen molar-refractivity contribution < 1.29 is 0 Å². The van der Waals surface area contributed by atoms with Gasteiger partial charge in [-0.15, -0.1) is 0 Å². The highest BCUT2D eigenvalue weighted by Gasteiger charge is 2.20. The molecule has 284 valence electrons. The first-order chi connectivity index (χ1) is 26.9. The third kappa shape index (κ3) is 8.49. The Morgan fingerprint density at radius 1 is 0.473 bits per heavy atom. The van der Waals surface area contributed by atoms with Crippen molar-refractivity contribution in [1.82, 2.24) is 19.3 Å². The van der Waals surface area contributed by atoms with E-state index >= 15 is 0 Å². The summed E-state index contributed by atoms with van der Waals surface area (Å²) in [7, 11) is 0. The highest BCUT2D eigenvalue weighted by atomic mass is 15.4. The van der Waals surface area contributed by atoms with E-state index in [-0.39, 0.29) is 0 Å². The summed E-state index contributed by atoms with van der Waals surface area (Å²) in [6.45, 7) is 13.2. The summed E-state index contributed by atoms with van der Waals surface area (Å²) in [5.41, 5.74) is 15.0. The molecule has 0 atom stereocenters. The van der Waals surface area contributed by atoms with Crippen LogP contribution in [0.3, 0.4) is 0 Å². The molecule has 0 bridgehead atoms. The summed E-state index contributed by atoms with van der Waals surface area (Å²) < 4.78 is 4.53. The maximum Gasteiger partial charge on any atom is 0.163 e. The predicted molar refractivity (Wildman–Crippen MR) is 235 cm³/mol. The van der Waals surface area contributed by atoms with Crippen LogP contribution in [0.2, 0.25) is 0 Å². The third-order valence-electron chi connectivity index (χ3n) is 11.4. The van der Waals surface area contributed by atoms with E-state index in [1.54, 1.807) is 0 Å². The van der Waals surface area contributed by atoms with Gasteiger partial charge < -0.3 is 4.57 Å². The van der Waals surface area contributed by atoms with Crippen molar-refractivity contribution in [2.45, 2.75) is 125 Å². The summed E-state index contributed by atoms with van der Waals surface area (Å²) in [4.78, 5) is 5.07. The number of nitrogens with zero attached hydrogens (tertiary/aromatic N) is 4. The number of rotatable bonds is 17. The van der Waals surface area contributed by atoms with Gasteiger partial charge in [0.1, 0.15) is 5.82 Å². The number of hydrogen-bond acceptors (Lipinski definition) is 2. The molecule has 0 amide bonds. The molecule has 7 rings (SSSR count). The van der Waals surface area contributed by atoms with Gasteiger partial charge in [0, 0.05) is 22.0 Å². The van der Waals surface area contributed by atoms with Crippen LogP contribution in [0.25, 0.3) is 55.7 Å². The lowest BCUT2D eigenvalue weighted by molar-refractivity contribution is 0.667. The van der Waals surface area contributed by atoms with Gasteiger partial charge in [-0.3, -0.25) is 0 Å². The number of fused-ring (bicyclic) bond motifs is 3. The van der Waals surface area contributed by atoms with Crippen LogP contribution in [0.4, 0.5) is 0 Å². The second kappa shape index (κ2) is 17.7. The molecule has 5 aromatic carbocycles. The van der Waals surface area contributed by atoms with Gasteiger partial charge in [0.25, 0.3) is 0 Å². The van der Waals surface area contributed by atoms with E-state index in [1.807, 2.05) is 6.92 Å². The van der Waals surface area contributed by atoms with Gasteiger partial charge in [-0.25, -0.2) is 9.67 Å². The van der Waals surface area contributed by atoms with E-state index in [4.69, 9.17) is 10.1 Å². The predicted octanol–water partition coefficient (Wildman–Crippen LogP) is 14.2. The second-order valence-electron chi connectivity index (χ2n) is 15.9. The van der Waals surface area contributed by atoms with Crippen LogP contribution in [0.15, 0.2) is 97.1 Å². The summed E-state index contributed by atoms with van der Waals surface area (Å²) >= 11 is 0. The smallest absolute Gasteiger partial charge is 0.163 e. The first-order valence-corrected chi connectivity index (χ1v) is 21.2. The zero-order valence-corrected chi connectivity index (χ0v) is 34.2. The van der Waals surface area contributed by atoms with Gasteiger partial charge >= 0.3 is 0 Å². The quantitative estimate of drug-likeness (QED) is 0.0875. The largest absolute Gasteiger partial charge is 0.309 e. The number of unbranched alkanes of at least 4 members (excludes halogenated alkanes) is 7. The molecule has 0 N–H and O–H groups in total. The van der Waals surface area contributed by atoms with Crippen LogP contribution >= 0.6 is 0 Å². The van der Waals surface area contributed by atoms with Crippen molar-refractivity contribution in [2.24, 2.45) is 0 Å². The van der Waals surface area contributed by atoms with Crippen molar-refractivity contribution in [2.75, 3.05) is 0 Å². The normalized spacial score (nSPS) is 11.7. The average Bonchev–Trinajstić information content (AvgIpc) is 3.74. The fourth-order valence-corrected chi connectivity index (χ4v) is 8.43. The first kappa shape index (κ1) is 38.3. The molecule has 0 aliphatic rings. The number of aromatic nitrogens is 4. The van der Waals surface area contributed by atoms with Crippen molar-refractivity contribution in [3.63, 3.8) is 0 Å². The van der Waals surface area contributed by atoms with E-state index in [0.717, 1.165) is 42.2 Å². The summed E-state index contributed by atoms with van der Waals surface area (Å²) in [5, 5.41) is 7.57. The van der Waals surface area contributed by atoms with Crippen molar-refractivity contribution in [3.8, 4) is 33.9 Å². The van der Waals surface area contributed by atoms with Crippen LogP contribution in [-0.2, 0) is 19.3 Å². The third-order valence-corrected chi connectivity index (χ3v) is 11.4. The molecule has 0 saturated carbocycles. The van der Waals surface area contributed by atoms with E-state index < -0.39 is 0 Å². The SMILES string of the molecule is CCCCCCc1ccc(-c2cc(C)c(-n3nc(C)nc3-c3ccc4c(c3)c3cc(CCCCCC)ccc3n4-c3ccc(CCCC)cc3)c(C)c2)cc1. The van der Waals surface area contributed by atoms with Gasteiger partial charge in [-0.1, -0.05) is 108 Å². The highest BCUT2D eigenvalue weighted by Crippen LogP contribution is 2.37. The lowest BCUT2D eigenvalue weighted by Gasteiger charge is -2.15. The molecule has 4 heteroatoms. The fraction of sp³-hybridized carbons (Fsp3) is 0.373. The average molecular weight is 729 g/mol. The Hall–Kier alpha value is -4.96. The molecule has 0 aliphatic heterocycles. The zero-order chi connectivity index (χ0) is 38.3. The minimum Gasteiger partial charge on any atom is -0.309 e. The maximum absolute atomic E-state index is 5.07. The Kier molecular flexibility index (Phi) is 12.3. The molecule has 7 aromatic rings. The molecule has 4 nitrogen and oxygen atoms in total. The lowest BCUT2D eigenvalue weighted by Crippen LogP contribution is -2.05. The molecule has 0 radical (unpaired) electrons. The van der Waals surface area contributed by atoms with Crippen molar-refractivity contribution >= 4 is 21.8 Å². The second-order valence-corrected chi connectivity index (χ2v) is 15.9. The zero-order valence-electron chi connectivity index (χ0n) is 34.2. The van der Waals surface area contributed by atoms with Gasteiger partial charge in [0.05, 0.1) is 16.7 Å². The Morgan fingerprint density at radius 3 is 1.64 bits per heavy atom. The summed E-state index contributed by atoms with van der Waals surface area (Å²) in [6, 6.07) is 37.1. The van der Waals surface area contributed by atoms with E-state index in [9.17, 15) is 0 Å². The summed E-state index contributed by atoms with van der Waals surface area (Å²) in [5.74, 6) is 1.65. The number of aryl methyl sites for hydroxylation is 6. The van der Waals surface area contributed by atoms with Gasteiger partial charge in [-0.05, 0) is 153 Å². The monoisotopic (exact) mass is 728 g/mol. The number of benzene rings is 5. The van der Waals surface area contributed by atoms with E-state index in [2.05, 4.69) is 141 Å². The Balaban J connectivity index is 1.27. The van der Waals surface area contributed by atoms with Crippen LogP contribution in [-0.4, -0.2) is 19.3 Å². The molecule has 2 heterocycles. The highest BCUT2D eigenvalue weighted by molar-refractivity contribution is 6.10. The standard InChI is InChI=1S/C51H60N4/c1-7-10-13-15-18-40-20-25-42(26-21-40)44-32-36(4)50(37(5)33-44)55-51(52-38(6)53-55)43-27-31-49-47(35-43)46-34-41(19-16-14-11-8-2)24-30-48(46)54(49)45-28-22-39(23-29-45)17-12-9-3/h20-35H,7-19H2,1-6H3. The van der Waals surface area contributed by atoms with Gasteiger partial charge in [0.2, 0.25) is 0 Å². The Labute approximate surface area is 329 Å². The first-order valence-electron chi connectivity index (χ1n) is 21.2. The van der Waals surface area contributed by atoms with Crippen LogP contribution in [0.5, 0.6) is 0 Å². The number of hydrogen-bond donors (Lipinski definition) is 0. The minimum atomic E-state index is 0.771. The summed E-state index contributed by atoms with van der Waals surface area (Å²) in [6.07, 6.45) is 16.1. The van der Waals surface area contributed by atoms with Gasteiger partial charge in [0.15, 0.2) is 5.82 Å². The molecular weight excluding hydrogens is 669 g/mol. The van der Waals surface area contributed by atoms with Crippen LogP contribution in [0, 0.1) is 20.8 Å². The fourth-order valence-electron chi connectivity index (χ4n) is 8.43. The Bertz CT molecular complexity index is 2330. The molecule has 0 aliphatic carbocycles. The van der Waals surface area contributed by atoms with E-state index in [1.165, 1.54) is 131 Å². The van der Waals surface area contributed by atoms with Crippen LogP contribution in [0.1, 0.15) is 119 Å². The molecule has 55 heavy (non-hydrogen) atoms. The molecule has 0 fully saturated rings.